The SMILES string of the molecule is CCc1nc2c(o1)C(=O)C(Br)=C(NCCN(C)C)C2=O. The lowest BCUT2D eigenvalue weighted by molar-refractivity contribution is 0.0956. The Morgan fingerprint density at radius 3 is 2.60 bits per heavy atom. The molecule has 0 amide bonds. The molecule has 1 aromatic heterocycles. The Morgan fingerprint density at radius 2 is 2.00 bits per heavy atom. The molecule has 20 heavy (non-hydrogen) atoms. The van der Waals surface area contributed by atoms with Gasteiger partial charge in [0, 0.05) is 19.5 Å². The fraction of sp³-hybridized carbons (Fsp3) is 0.462. The van der Waals surface area contributed by atoms with E-state index >= 15 is 0 Å². The maximum Gasteiger partial charge on any atom is 0.239 e. The number of halogens is 1. The molecule has 1 heterocycles. The normalized spacial score (nSPS) is 15.1. The molecule has 0 spiro atoms. The van der Waals surface area contributed by atoms with Crippen LogP contribution in [-0.2, 0) is 6.42 Å². The number of allylic oxidation sites excluding steroid dienone is 2. The smallest absolute Gasteiger partial charge is 0.239 e. The summed E-state index contributed by atoms with van der Waals surface area (Å²) in [6.07, 6.45) is 0.536. The van der Waals surface area contributed by atoms with Crippen molar-refractivity contribution >= 4 is 27.5 Å². The minimum atomic E-state index is -0.348. The monoisotopic (exact) mass is 341 g/mol. The third-order valence-corrected chi connectivity index (χ3v) is 3.66. The first-order valence-corrected chi connectivity index (χ1v) is 7.12. The van der Waals surface area contributed by atoms with E-state index in [2.05, 4.69) is 26.2 Å². The van der Waals surface area contributed by atoms with Gasteiger partial charge < -0.3 is 14.6 Å². The van der Waals surface area contributed by atoms with Crippen molar-refractivity contribution in [1.82, 2.24) is 15.2 Å². The van der Waals surface area contributed by atoms with Crippen molar-refractivity contribution in [2.45, 2.75) is 13.3 Å². The molecule has 0 unspecified atom stereocenters. The molecule has 1 aliphatic rings. The summed E-state index contributed by atoms with van der Waals surface area (Å²) in [6.45, 7) is 3.16. The zero-order valence-electron chi connectivity index (χ0n) is 11.6. The van der Waals surface area contributed by atoms with Gasteiger partial charge in [0.2, 0.25) is 17.3 Å². The molecule has 0 fully saturated rings. The Labute approximate surface area is 125 Å². The molecule has 1 N–H and O–H groups in total. The topological polar surface area (TPSA) is 75.4 Å². The van der Waals surface area contributed by atoms with E-state index < -0.39 is 0 Å². The Balaban J connectivity index is 2.27. The van der Waals surface area contributed by atoms with E-state index in [-0.39, 0.29) is 33.2 Å². The number of fused-ring (bicyclic) bond motifs is 1. The first kappa shape index (κ1) is 14.9. The second-order valence-electron chi connectivity index (χ2n) is 4.72. The number of likely N-dealkylation sites (N-methyl/N-ethyl adjacent to an activating group) is 1. The number of Topliss-reactive ketones (excluding diaryl/α,β-unsaturated/α-hetero) is 2. The molecule has 0 saturated carbocycles. The average Bonchev–Trinajstić information content (AvgIpc) is 2.84. The molecular formula is C13H16BrN3O3. The Bertz CT molecular complexity index is 590. The third kappa shape index (κ3) is 2.69. The van der Waals surface area contributed by atoms with E-state index in [0.29, 0.717) is 18.9 Å². The molecule has 6 nitrogen and oxygen atoms in total. The lowest BCUT2D eigenvalue weighted by Crippen LogP contribution is -2.33. The maximum atomic E-state index is 12.3. The summed E-state index contributed by atoms with van der Waals surface area (Å²) in [5.74, 6) is -0.240. The lowest BCUT2D eigenvalue weighted by atomic mass is 10.0. The Hall–Kier alpha value is -1.47. The van der Waals surface area contributed by atoms with Crippen LogP contribution in [0.5, 0.6) is 0 Å². The molecule has 108 valence electrons. The van der Waals surface area contributed by atoms with Crippen molar-refractivity contribution in [2.75, 3.05) is 27.2 Å². The second-order valence-corrected chi connectivity index (χ2v) is 5.51. The first-order valence-electron chi connectivity index (χ1n) is 6.33. The van der Waals surface area contributed by atoms with Gasteiger partial charge in [0.05, 0.1) is 4.48 Å². The van der Waals surface area contributed by atoms with Crippen LogP contribution in [0.3, 0.4) is 0 Å². The molecule has 0 atom stereocenters. The molecule has 0 aliphatic heterocycles. The van der Waals surface area contributed by atoms with Gasteiger partial charge in [-0.2, -0.15) is 0 Å². The maximum absolute atomic E-state index is 12.3. The van der Waals surface area contributed by atoms with E-state index in [0.717, 1.165) is 6.54 Å². The number of hydrogen-bond acceptors (Lipinski definition) is 6. The molecule has 1 aliphatic carbocycles. The van der Waals surface area contributed by atoms with Gasteiger partial charge in [0.1, 0.15) is 5.70 Å². The number of ketones is 2. The van der Waals surface area contributed by atoms with Crippen LogP contribution >= 0.6 is 15.9 Å². The van der Waals surface area contributed by atoms with Crippen LogP contribution in [0.2, 0.25) is 0 Å². The van der Waals surface area contributed by atoms with E-state index in [1.807, 2.05) is 25.9 Å². The minimum Gasteiger partial charge on any atom is -0.436 e. The van der Waals surface area contributed by atoms with Crippen molar-refractivity contribution < 1.29 is 14.0 Å². The molecule has 2 rings (SSSR count). The molecule has 0 saturated heterocycles. The van der Waals surface area contributed by atoms with Crippen molar-refractivity contribution in [1.29, 1.82) is 0 Å². The molecule has 0 bridgehead atoms. The Kier molecular flexibility index (Phi) is 4.39. The van der Waals surface area contributed by atoms with Crippen molar-refractivity contribution in [3.8, 4) is 0 Å². The number of carbonyl (C=O) groups excluding carboxylic acids is 2. The van der Waals surface area contributed by atoms with Crippen molar-refractivity contribution in [3.05, 3.63) is 27.5 Å². The van der Waals surface area contributed by atoms with Gasteiger partial charge in [-0.25, -0.2) is 4.98 Å². The summed E-state index contributed by atoms with van der Waals surface area (Å²) in [4.78, 5) is 30.6. The first-order chi connectivity index (χ1) is 9.45. The minimum absolute atomic E-state index is 0.0249. The number of rotatable bonds is 5. The highest BCUT2D eigenvalue weighted by Gasteiger charge is 2.36. The van der Waals surface area contributed by atoms with Gasteiger partial charge in [-0.15, -0.1) is 0 Å². The lowest BCUT2D eigenvalue weighted by Gasteiger charge is -2.16. The average molecular weight is 342 g/mol. The van der Waals surface area contributed by atoms with Gasteiger partial charge in [-0.05, 0) is 30.0 Å². The summed E-state index contributed by atoms with van der Waals surface area (Å²) >= 11 is 3.17. The predicted molar refractivity (Wildman–Crippen MR) is 77.1 cm³/mol. The van der Waals surface area contributed by atoms with E-state index in [9.17, 15) is 9.59 Å². The van der Waals surface area contributed by atoms with Gasteiger partial charge in [0.15, 0.2) is 11.6 Å². The van der Waals surface area contributed by atoms with Gasteiger partial charge in [-0.3, -0.25) is 9.59 Å². The molecule has 7 heteroatoms. The highest BCUT2D eigenvalue weighted by molar-refractivity contribution is 9.12. The third-order valence-electron chi connectivity index (χ3n) is 2.90. The van der Waals surface area contributed by atoms with Crippen LogP contribution in [0.1, 0.15) is 33.9 Å². The second kappa shape index (κ2) is 5.88. The number of nitrogens with zero attached hydrogens (tertiary/aromatic N) is 2. The van der Waals surface area contributed by atoms with Gasteiger partial charge >= 0.3 is 0 Å². The van der Waals surface area contributed by atoms with E-state index in [4.69, 9.17) is 4.42 Å². The predicted octanol–water partition coefficient (Wildman–Crippen LogP) is 1.37. The van der Waals surface area contributed by atoms with E-state index in [1.165, 1.54) is 0 Å². The van der Waals surface area contributed by atoms with Gasteiger partial charge in [0.25, 0.3) is 0 Å². The van der Waals surface area contributed by atoms with E-state index in [1.54, 1.807) is 0 Å². The quantitative estimate of drug-likeness (QED) is 0.871. The fourth-order valence-electron chi connectivity index (χ4n) is 1.82. The van der Waals surface area contributed by atoms with Crippen LogP contribution in [-0.4, -0.2) is 48.6 Å². The summed E-state index contributed by atoms with van der Waals surface area (Å²) < 4.78 is 5.52. The highest BCUT2D eigenvalue weighted by Crippen LogP contribution is 2.28. The summed E-state index contributed by atoms with van der Waals surface area (Å²) in [7, 11) is 3.87. The summed E-state index contributed by atoms with van der Waals surface area (Å²) in [5.41, 5.74) is 0.350. The number of nitrogens with one attached hydrogen (secondary N) is 1. The van der Waals surface area contributed by atoms with Crippen LogP contribution in [0.15, 0.2) is 14.6 Å². The standard InChI is InChI=1S/C13H16BrN3O3/c1-4-7-16-10-12(19)9(15-5-6-17(2)3)8(14)11(18)13(10)20-7/h15H,4-6H2,1-3H3. The van der Waals surface area contributed by atoms with Crippen LogP contribution in [0, 0.1) is 0 Å². The number of carbonyl (C=O) groups is 2. The molecule has 0 aromatic carbocycles. The number of aromatic nitrogens is 1. The van der Waals surface area contributed by atoms with Crippen LogP contribution in [0.4, 0.5) is 0 Å². The molecular weight excluding hydrogens is 326 g/mol. The van der Waals surface area contributed by atoms with Gasteiger partial charge in [-0.1, -0.05) is 6.92 Å². The number of oxazole rings is 1. The number of aryl methyl sites for hydroxylation is 1. The zero-order chi connectivity index (χ0) is 14.9. The molecule has 1 aromatic rings. The van der Waals surface area contributed by atoms with Crippen molar-refractivity contribution in [3.63, 3.8) is 0 Å². The Morgan fingerprint density at radius 1 is 1.30 bits per heavy atom. The van der Waals surface area contributed by atoms with Crippen molar-refractivity contribution in [2.24, 2.45) is 0 Å². The zero-order valence-corrected chi connectivity index (χ0v) is 13.2. The highest BCUT2D eigenvalue weighted by atomic mass is 79.9. The summed E-state index contributed by atoms with van der Waals surface area (Å²) in [6, 6.07) is 0. The number of hydrogen-bond donors (Lipinski definition) is 1. The van der Waals surface area contributed by atoms with Crippen LogP contribution in [0.25, 0.3) is 0 Å². The largest absolute Gasteiger partial charge is 0.436 e. The molecule has 0 radical (unpaired) electrons. The fourth-order valence-corrected chi connectivity index (χ4v) is 2.32. The summed E-state index contributed by atoms with van der Waals surface area (Å²) in [5, 5.41) is 2.99. The van der Waals surface area contributed by atoms with Crippen LogP contribution < -0.4 is 5.32 Å².